The molecule has 1 saturated heterocycles. The molecular formula is C25H28N4O2. The number of aryl methyl sites for hydroxylation is 2. The number of hydrogen-bond donors (Lipinski definition) is 3. The number of benzene rings is 2. The highest BCUT2D eigenvalue weighted by atomic mass is 16.1. The van der Waals surface area contributed by atoms with Crippen LogP contribution in [-0.4, -0.2) is 24.0 Å². The smallest absolute Gasteiger partial charge is 0.253 e. The van der Waals surface area contributed by atoms with Crippen LogP contribution in [0.15, 0.2) is 47.3 Å². The zero-order valence-electron chi connectivity index (χ0n) is 17.6. The highest BCUT2D eigenvalue weighted by Gasteiger charge is 2.23. The van der Waals surface area contributed by atoms with Crippen LogP contribution < -0.4 is 21.5 Å². The van der Waals surface area contributed by atoms with Gasteiger partial charge in [-0.05, 0) is 91.1 Å². The minimum atomic E-state index is -0.188. The van der Waals surface area contributed by atoms with Crippen LogP contribution >= 0.6 is 0 Å². The van der Waals surface area contributed by atoms with Gasteiger partial charge in [-0.25, -0.2) is 0 Å². The van der Waals surface area contributed by atoms with E-state index in [0.717, 1.165) is 66.6 Å². The van der Waals surface area contributed by atoms with Gasteiger partial charge in [-0.1, -0.05) is 0 Å². The molecule has 31 heavy (non-hydrogen) atoms. The number of primary amides is 1. The lowest BCUT2D eigenvalue weighted by molar-refractivity contribution is -0.122. The molecule has 6 heteroatoms. The largest absolute Gasteiger partial charge is 0.381 e. The Morgan fingerprint density at radius 3 is 2.48 bits per heavy atom. The van der Waals surface area contributed by atoms with Gasteiger partial charge in [0.05, 0.1) is 0 Å². The van der Waals surface area contributed by atoms with Crippen molar-refractivity contribution in [3.63, 3.8) is 0 Å². The average molecular weight is 417 g/mol. The summed E-state index contributed by atoms with van der Waals surface area (Å²) in [6, 6.07) is 14.6. The monoisotopic (exact) mass is 416 g/mol. The Morgan fingerprint density at radius 1 is 1.06 bits per heavy atom. The van der Waals surface area contributed by atoms with Gasteiger partial charge >= 0.3 is 0 Å². The Kier molecular flexibility index (Phi) is 5.14. The third kappa shape index (κ3) is 4.02. The van der Waals surface area contributed by atoms with E-state index in [4.69, 9.17) is 5.73 Å². The highest BCUT2D eigenvalue weighted by molar-refractivity contribution is 5.81. The molecule has 6 nitrogen and oxygen atoms in total. The maximum Gasteiger partial charge on any atom is 0.253 e. The summed E-state index contributed by atoms with van der Waals surface area (Å²) in [5.74, 6) is -0.189. The van der Waals surface area contributed by atoms with Crippen molar-refractivity contribution in [2.24, 2.45) is 11.7 Å². The van der Waals surface area contributed by atoms with Gasteiger partial charge < -0.3 is 20.9 Å². The summed E-state index contributed by atoms with van der Waals surface area (Å²) in [6.45, 7) is 2.17. The van der Waals surface area contributed by atoms with Gasteiger partial charge in [0.2, 0.25) is 5.91 Å². The third-order valence-electron chi connectivity index (χ3n) is 6.75. The van der Waals surface area contributed by atoms with Crippen LogP contribution in [0.2, 0.25) is 0 Å². The molecule has 1 fully saturated rings. The molecule has 2 heterocycles. The number of carbonyl (C=O) groups is 1. The first-order chi connectivity index (χ1) is 15.1. The average Bonchev–Trinajstić information content (AvgIpc) is 3.24. The molecule has 5 rings (SSSR count). The molecule has 0 radical (unpaired) electrons. The number of hydrogen-bond acceptors (Lipinski definition) is 4. The van der Waals surface area contributed by atoms with E-state index in [1.807, 2.05) is 18.2 Å². The fourth-order valence-corrected chi connectivity index (χ4v) is 4.87. The van der Waals surface area contributed by atoms with Gasteiger partial charge in [-0.15, -0.1) is 0 Å². The van der Waals surface area contributed by atoms with E-state index in [2.05, 4.69) is 39.5 Å². The van der Waals surface area contributed by atoms with E-state index < -0.39 is 0 Å². The van der Waals surface area contributed by atoms with Crippen molar-refractivity contribution in [3.8, 4) is 0 Å². The second-order valence-electron chi connectivity index (χ2n) is 8.75. The summed E-state index contributed by atoms with van der Waals surface area (Å²) in [6.07, 6.45) is 5.05. The van der Waals surface area contributed by atoms with Crippen molar-refractivity contribution in [1.29, 1.82) is 0 Å². The summed E-state index contributed by atoms with van der Waals surface area (Å²) in [5.41, 5.74) is 12.0. The fourth-order valence-electron chi connectivity index (χ4n) is 4.87. The summed E-state index contributed by atoms with van der Waals surface area (Å²) in [7, 11) is 0. The van der Waals surface area contributed by atoms with Gasteiger partial charge in [0.1, 0.15) is 0 Å². The van der Waals surface area contributed by atoms with E-state index >= 15 is 0 Å². The summed E-state index contributed by atoms with van der Waals surface area (Å²) in [4.78, 5) is 29.2. The van der Waals surface area contributed by atoms with E-state index in [1.165, 1.54) is 17.5 Å². The Labute approximate surface area is 181 Å². The number of nitrogens with two attached hydrogens (primary N) is 1. The van der Waals surface area contributed by atoms with Crippen molar-refractivity contribution in [2.45, 2.75) is 38.6 Å². The molecule has 0 unspecified atom stereocenters. The zero-order chi connectivity index (χ0) is 21.4. The lowest BCUT2D eigenvalue weighted by Gasteiger charge is -2.32. The summed E-state index contributed by atoms with van der Waals surface area (Å²) < 4.78 is 0. The topological polar surface area (TPSA) is 91.2 Å². The molecule has 2 aliphatic rings. The number of nitrogens with one attached hydrogen (secondary N) is 2. The molecule has 1 aliphatic heterocycles. The van der Waals surface area contributed by atoms with Crippen LogP contribution in [0.3, 0.4) is 0 Å². The molecule has 160 valence electrons. The second-order valence-corrected chi connectivity index (χ2v) is 8.75. The van der Waals surface area contributed by atoms with Gasteiger partial charge in [0.15, 0.2) is 0 Å². The number of H-pyrrole nitrogens is 1. The molecule has 0 saturated carbocycles. The van der Waals surface area contributed by atoms with Crippen molar-refractivity contribution < 1.29 is 4.79 Å². The molecule has 2 aromatic carbocycles. The van der Waals surface area contributed by atoms with Crippen LogP contribution in [0.25, 0.3) is 10.9 Å². The number of rotatable bonds is 5. The van der Waals surface area contributed by atoms with E-state index in [0.29, 0.717) is 6.54 Å². The second kappa shape index (κ2) is 8.10. The minimum Gasteiger partial charge on any atom is -0.381 e. The molecule has 1 amide bonds. The molecule has 1 aliphatic carbocycles. The van der Waals surface area contributed by atoms with E-state index in [-0.39, 0.29) is 17.4 Å². The zero-order valence-corrected chi connectivity index (χ0v) is 17.6. The van der Waals surface area contributed by atoms with Crippen LogP contribution in [0, 0.1) is 5.92 Å². The molecular weight excluding hydrogens is 388 g/mol. The number of fused-ring (bicyclic) bond motifs is 2. The predicted octanol–water partition coefficient (Wildman–Crippen LogP) is 3.33. The number of aromatic nitrogens is 1. The molecule has 0 atom stereocenters. The van der Waals surface area contributed by atoms with Gasteiger partial charge in [-0.2, -0.15) is 0 Å². The third-order valence-corrected chi connectivity index (χ3v) is 6.75. The quantitative estimate of drug-likeness (QED) is 0.595. The SMILES string of the molecule is NC(=O)C1CCN(c2ccc(NCc3cc4cc5c(cc4[nH]c3=O)CCC5)cc2)CC1. The number of anilines is 2. The van der Waals surface area contributed by atoms with E-state index in [9.17, 15) is 9.59 Å². The Morgan fingerprint density at radius 2 is 1.77 bits per heavy atom. The lowest BCUT2D eigenvalue weighted by atomic mass is 9.96. The lowest BCUT2D eigenvalue weighted by Crippen LogP contribution is -2.38. The standard InChI is InChI=1S/C25H28N4O2/c26-24(30)16-8-10-29(11-9-16)22-6-4-21(5-7-22)27-15-20-13-19-12-17-2-1-3-18(17)14-23(19)28-25(20)31/h4-7,12-14,16,27H,1-3,8-11,15H2,(H2,26,30)(H,28,31). The molecule has 0 bridgehead atoms. The molecule has 3 aromatic rings. The maximum atomic E-state index is 12.6. The van der Waals surface area contributed by atoms with Crippen LogP contribution in [0.4, 0.5) is 11.4 Å². The van der Waals surface area contributed by atoms with Crippen LogP contribution in [0.5, 0.6) is 0 Å². The van der Waals surface area contributed by atoms with Gasteiger partial charge in [-0.3, -0.25) is 9.59 Å². The number of pyridine rings is 1. The number of piperidine rings is 1. The predicted molar refractivity (Wildman–Crippen MR) is 124 cm³/mol. The Bertz CT molecular complexity index is 1170. The number of carbonyl (C=O) groups excluding carboxylic acids is 1. The minimum absolute atomic E-state index is 0.00158. The van der Waals surface area contributed by atoms with E-state index in [1.54, 1.807) is 0 Å². The maximum absolute atomic E-state index is 12.6. The number of amides is 1. The fraction of sp³-hybridized carbons (Fsp3) is 0.360. The van der Waals surface area contributed by atoms with Crippen molar-refractivity contribution in [2.75, 3.05) is 23.3 Å². The van der Waals surface area contributed by atoms with Crippen LogP contribution in [0.1, 0.15) is 36.0 Å². The normalized spacial score (nSPS) is 16.5. The summed E-state index contributed by atoms with van der Waals surface area (Å²) in [5, 5.41) is 4.47. The van der Waals surface area contributed by atoms with Gasteiger partial charge in [0.25, 0.3) is 5.56 Å². The Hall–Kier alpha value is -3.28. The van der Waals surface area contributed by atoms with Crippen molar-refractivity contribution in [3.05, 3.63) is 69.5 Å². The highest BCUT2D eigenvalue weighted by Crippen LogP contribution is 2.27. The molecule has 1 aromatic heterocycles. The van der Waals surface area contributed by atoms with Crippen LogP contribution in [-0.2, 0) is 24.2 Å². The van der Waals surface area contributed by atoms with Crippen molar-refractivity contribution in [1.82, 2.24) is 4.98 Å². The number of nitrogens with zero attached hydrogens (tertiary/aromatic N) is 1. The Balaban J connectivity index is 1.25. The number of aromatic amines is 1. The first kappa shape index (κ1) is 19.7. The molecule has 0 spiro atoms. The van der Waals surface area contributed by atoms with Gasteiger partial charge in [0, 0.05) is 48.0 Å². The summed E-state index contributed by atoms with van der Waals surface area (Å²) >= 11 is 0. The first-order valence-corrected chi connectivity index (χ1v) is 11.1. The first-order valence-electron chi connectivity index (χ1n) is 11.1. The van der Waals surface area contributed by atoms with Crippen molar-refractivity contribution >= 4 is 28.2 Å². The molecule has 4 N–H and O–H groups in total.